The second kappa shape index (κ2) is 5.51. The fourth-order valence-electron chi connectivity index (χ4n) is 1.37. The third-order valence-corrected chi connectivity index (χ3v) is 3.20. The van der Waals surface area contributed by atoms with Crippen molar-refractivity contribution in [2.75, 3.05) is 0 Å². The predicted octanol–water partition coefficient (Wildman–Crippen LogP) is 5.01. The van der Waals surface area contributed by atoms with Crippen molar-refractivity contribution in [3.05, 3.63) is 56.7 Å². The molecule has 0 N–H and O–H groups in total. The van der Waals surface area contributed by atoms with Gasteiger partial charge in [-0.25, -0.2) is 4.39 Å². The van der Waals surface area contributed by atoms with Gasteiger partial charge >= 0.3 is 0 Å². The molecule has 0 aliphatic rings. The minimum absolute atomic E-state index is 0.346. The molecular formula is C13H6Br2FNO. The topological polar surface area (TPSA) is 33.0 Å². The summed E-state index contributed by atoms with van der Waals surface area (Å²) in [6, 6.07) is 11.2. The minimum Gasteiger partial charge on any atom is -0.456 e. The van der Waals surface area contributed by atoms with Gasteiger partial charge in [0.15, 0.2) is 0 Å². The number of nitriles is 1. The molecular weight excluding hydrogens is 365 g/mol. The molecule has 2 aromatic rings. The molecule has 0 aromatic heterocycles. The van der Waals surface area contributed by atoms with E-state index in [0.29, 0.717) is 21.5 Å². The molecule has 0 aliphatic carbocycles. The maximum atomic E-state index is 12.9. The Labute approximate surface area is 120 Å². The highest BCUT2D eigenvalue weighted by Gasteiger charge is 2.06. The van der Waals surface area contributed by atoms with Crippen molar-refractivity contribution in [3.8, 4) is 17.6 Å². The molecule has 2 rings (SSSR count). The third-order valence-electron chi connectivity index (χ3n) is 2.12. The maximum Gasteiger partial charge on any atom is 0.141 e. The van der Waals surface area contributed by atoms with Gasteiger partial charge in [-0.3, -0.25) is 0 Å². The Morgan fingerprint density at radius 3 is 2.56 bits per heavy atom. The van der Waals surface area contributed by atoms with Gasteiger partial charge in [-0.2, -0.15) is 5.26 Å². The first-order valence-electron chi connectivity index (χ1n) is 4.92. The van der Waals surface area contributed by atoms with Gasteiger partial charge in [0.05, 0.1) is 16.1 Å². The molecule has 0 saturated carbocycles. The maximum absolute atomic E-state index is 12.9. The summed E-state index contributed by atoms with van der Waals surface area (Å²) >= 11 is 6.51. The van der Waals surface area contributed by atoms with Crippen LogP contribution in [0.3, 0.4) is 0 Å². The van der Waals surface area contributed by atoms with E-state index in [2.05, 4.69) is 31.9 Å². The fourth-order valence-corrected chi connectivity index (χ4v) is 2.28. The number of rotatable bonds is 2. The average Bonchev–Trinajstić information content (AvgIpc) is 2.32. The summed E-state index contributed by atoms with van der Waals surface area (Å²) in [7, 11) is 0. The molecule has 90 valence electrons. The molecule has 0 fully saturated rings. The second-order valence-electron chi connectivity index (χ2n) is 3.46. The van der Waals surface area contributed by atoms with Crippen molar-refractivity contribution < 1.29 is 9.13 Å². The van der Waals surface area contributed by atoms with Gasteiger partial charge in [0.25, 0.3) is 0 Å². The van der Waals surface area contributed by atoms with E-state index >= 15 is 0 Å². The number of halogens is 3. The van der Waals surface area contributed by atoms with Crippen LogP contribution >= 0.6 is 31.9 Å². The number of hydrogen-bond donors (Lipinski definition) is 0. The van der Waals surface area contributed by atoms with E-state index in [1.54, 1.807) is 18.2 Å². The summed E-state index contributed by atoms with van der Waals surface area (Å²) < 4.78 is 19.8. The van der Waals surface area contributed by atoms with Crippen molar-refractivity contribution in [2.45, 2.75) is 0 Å². The zero-order chi connectivity index (χ0) is 13.1. The van der Waals surface area contributed by atoms with Crippen LogP contribution in [0.1, 0.15) is 5.56 Å². The Kier molecular flexibility index (Phi) is 4.00. The highest BCUT2D eigenvalue weighted by Crippen LogP contribution is 2.31. The summed E-state index contributed by atoms with van der Waals surface area (Å²) in [4.78, 5) is 0. The molecule has 0 unspecified atom stereocenters. The van der Waals surface area contributed by atoms with E-state index in [1.807, 2.05) is 6.07 Å². The van der Waals surface area contributed by atoms with Gasteiger partial charge in [0.1, 0.15) is 17.3 Å². The van der Waals surface area contributed by atoms with Crippen molar-refractivity contribution in [3.63, 3.8) is 0 Å². The van der Waals surface area contributed by atoms with Crippen LogP contribution in [-0.2, 0) is 0 Å². The summed E-state index contributed by atoms with van der Waals surface area (Å²) in [5.74, 6) is 0.646. The molecule has 0 radical (unpaired) electrons. The van der Waals surface area contributed by atoms with E-state index < -0.39 is 0 Å². The molecule has 0 spiro atoms. The first-order chi connectivity index (χ1) is 8.58. The summed E-state index contributed by atoms with van der Waals surface area (Å²) in [6.45, 7) is 0. The Morgan fingerprint density at radius 1 is 1.11 bits per heavy atom. The number of benzene rings is 2. The zero-order valence-electron chi connectivity index (χ0n) is 8.95. The van der Waals surface area contributed by atoms with E-state index in [-0.39, 0.29) is 5.82 Å². The molecule has 0 heterocycles. The molecule has 5 heteroatoms. The zero-order valence-corrected chi connectivity index (χ0v) is 12.1. The van der Waals surface area contributed by atoms with E-state index in [1.165, 1.54) is 18.2 Å². The van der Waals surface area contributed by atoms with Crippen LogP contribution in [-0.4, -0.2) is 0 Å². The first-order valence-corrected chi connectivity index (χ1v) is 6.50. The summed E-state index contributed by atoms with van der Waals surface area (Å²) in [6.07, 6.45) is 0. The van der Waals surface area contributed by atoms with Crippen molar-refractivity contribution in [1.82, 2.24) is 0 Å². The lowest BCUT2D eigenvalue weighted by molar-refractivity contribution is 0.477. The summed E-state index contributed by atoms with van der Waals surface area (Å²) in [5.41, 5.74) is 0.484. The Hall–Kier alpha value is -1.38. The van der Waals surface area contributed by atoms with Crippen molar-refractivity contribution in [2.24, 2.45) is 0 Å². The van der Waals surface area contributed by atoms with Crippen molar-refractivity contribution >= 4 is 31.9 Å². The molecule has 0 atom stereocenters. The Morgan fingerprint density at radius 2 is 1.89 bits per heavy atom. The number of ether oxygens (including phenoxy) is 1. The van der Waals surface area contributed by atoms with Gasteiger partial charge in [0, 0.05) is 4.47 Å². The molecule has 2 nitrogen and oxygen atoms in total. The third kappa shape index (κ3) is 3.09. The lowest BCUT2D eigenvalue weighted by Crippen LogP contribution is -1.88. The Balaban J connectivity index is 2.34. The Bertz CT molecular complexity index is 637. The molecule has 18 heavy (non-hydrogen) atoms. The molecule has 0 saturated heterocycles. The van der Waals surface area contributed by atoms with Gasteiger partial charge < -0.3 is 4.74 Å². The van der Waals surface area contributed by atoms with Crippen LogP contribution < -0.4 is 4.74 Å². The van der Waals surface area contributed by atoms with Gasteiger partial charge in [-0.1, -0.05) is 15.9 Å². The van der Waals surface area contributed by atoms with Crippen LogP contribution in [0.5, 0.6) is 11.5 Å². The second-order valence-corrected chi connectivity index (χ2v) is 5.23. The fraction of sp³-hybridized carbons (Fsp3) is 0. The highest BCUT2D eigenvalue weighted by atomic mass is 79.9. The van der Waals surface area contributed by atoms with Crippen LogP contribution in [0, 0.1) is 17.1 Å². The molecule has 0 amide bonds. The normalized spacial score (nSPS) is 9.89. The van der Waals surface area contributed by atoms with Crippen LogP contribution in [0.25, 0.3) is 0 Å². The quantitative estimate of drug-likeness (QED) is 0.743. The van der Waals surface area contributed by atoms with Crippen molar-refractivity contribution in [1.29, 1.82) is 5.26 Å². The predicted molar refractivity (Wildman–Crippen MR) is 73.0 cm³/mol. The summed E-state index contributed by atoms with van der Waals surface area (Å²) in [5, 5.41) is 8.86. The van der Waals surface area contributed by atoms with Crippen LogP contribution in [0.4, 0.5) is 4.39 Å². The van der Waals surface area contributed by atoms with E-state index in [0.717, 1.165) is 4.47 Å². The monoisotopic (exact) mass is 369 g/mol. The largest absolute Gasteiger partial charge is 0.456 e. The smallest absolute Gasteiger partial charge is 0.141 e. The number of hydrogen-bond acceptors (Lipinski definition) is 2. The number of nitrogens with zero attached hydrogens (tertiary/aromatic N) is 1. The first kappa shape index (κ1) is 13.1. The van der Waals surface area contributed by atoms with Gasteiger partial charge in [0.2, 0.25) is 0 Å². The van der Waals surface area contributed by atoms with Gasteiger partial charge in [-0.15, -0.1) is 0 Å². The van der Waals surface area contributed by atoms with E-state index in [4.69, 9.17) is 10.00 Å². The van der Waals surface area contributed by atoms with E-state index in [9.17, 15) is 4.39 Å². The SMILES string of the molecule is N#Cc1cc(Br)cc(Oc2ccc(F)cc2Br)c1. The van der Waals surface area contributed by atoms with Crippen LogP contribution in [0.15, 0.2) is 45.3 Å². The highest BCUT2D eigenvalue weighted by molar-refractivity contribution is 9.10. The molecule has 0 aliphatic heterocycles. The minimum atomic E-state index is -0.346. The average molecular weight is 371 g/mol. The molecule has 2 aromatic carbocycles. The lowest BCUT2D eigenvalue weighted by Gasteiger charge is -2.08. The standard InChI is InChI=1S/C13H6Br2FNO/c14-9-3-8(7-17)4-11(5-9)18-13-2-1-10(16)6-12(13)15/h1-6H. The van der Waals surface area contributed by atoms with Crippen LogP contribution in [0.2, 0.25) is 0 Å². The lowest BCUT2D eigenvalue weighted by atomic mass is 10.2. The van der Waals surface area contributed by atoms with Gasteiger partial charge in [-0.05, 0) is 52.3 Å². The molecule has 0 bridgehead atoms.